The molecule has 0 aliphatic heterocycles. The van der Waals surface area contributed by atoms with E-state index in [9.17, 15) is 4.79 Å². The normalized spacial score (nSPS) is 11.0. The number of primary amides is 1. The van der Waals surface area contributed by atoms with E-state index >= 15 is 0 Å². The number of pyridine rings is 1. The van der Waals surface area contributed by atoms with Crippen LogP contribution in [0, 0.1) is 0 Å². The standard InChI is InChI=1S/C12H8N2O2/c13-12(15)9-3-1-7-2-4-10-8(5-6-16-10)11(7)14-9/h1-6H,(H2,13,15). The van der Waals surface area contributed by atoms with Crippen LogP contribution in [0.4, 0.5) is 0 Å². The molecule has 78 valence electrons. The lowest BCUT2D eigenvalue weighted by Gasteiger charge is -2.00. The Morgan fingerprint density at radius 3 is 2.81 bits per heavy atom. The lowest BCUT2D eigenvalue weighted by atomic mass is 10.1. The first-order valence-electron chi connectivity index (χ1n) is 4.82. The van der Waals surface area contributed by atoms with Crippen molar-refractivity contribution in [1.82, 2.24) is 4.98 Å². The highest BCUT2D eigenvalue weighted by Gasteiger charge is 2.07. The van der Waals surface area contributed by atoms with Gasteiger partial charge in [-0.05, 0) is 24.3 Å². The van der Waals surface area contributed by atoms with Gasteiger partial charge in [0.2, 0.25) is 0 Å². The summed E-state index contributed by atoms with van der Waals surface area (Å²) in [6.07, 6.45) is 1.60. The monoisotopic (exact) mass is 212 g/mol. The van der Waals surface area contributed by atoms with Crippen LogP contribution in [0.2, 0.25) is 0 Å². The minimum absolute atomic E-state index is 0.265. The number of hydrogen-bond donors (Lipinski definition) is 1. The molecule has 1 aromatic carbocycles. The zero-order valence-electron chi connectivity index (χ0n) is 8.31. The van der Waals surface area contributed by atoms with Crippen molar-refractivity contribution < 1.29 is 9.21 Å². The van der Waals surface area contributed by atoms with E-state index in [1.165, 1.54) is 0 Å². The molecule has 0 spiro atoms. The summed E-state index contributed by atoms with van der Waals surface area (Å²) in [6, 6.07) is 9.06. The van der Waals surface area contributed by atoms with Crippen molar-refractivity contribution in [2.75, 3.05) is 0 Å². The van der Waals surface area contributed by atoms with Gasteiger partial charge in [0.05, 0.1) is 11.8 Å². The second-order valence-corrected chi connectivity index (χ2v) is 3.53. The van der Waals surface area contributed by atoms with Gasteiger partial charge < -0.3 is 10.2 Å². The molecule has 0 fully saturated rings. The van der Waals surface area contributed by atoms with E-state index in [1.54, 1.807) is 12.3 Å². The summed E-state index contributed by atoms with van der Waals surface area (Å²) >= 11 is 0. The van der Waals surface area contributed by atoms with Crippen molar-refractivity contribution in [3.63, 3.8) is 0 Å². The Morgan fingerprint density at radius 2 is 2.00 bits per heavy atom. The summed E-state index contributed by atoms with van der Waals surface area (Å²) in [5, 5.41) is 1.85. The SMILES string of the molecule is NC(=O)c1ccc2ccc3occc3c2n1. The summed E-state index contributed by atoms with van der Waals surface area (Å²) in [7, 11) is 0. The van der Waals surface area contributed by atoms with Crippen molar-refractivity contribution in [1.29, 1.82) is 0 Å². The smallest absolute Gasteiger partial charge is 0.267 e. The van der Waals surface area contributed by atoms with Crippen molar-refractivity contribution in [3.05, 3.63) is 42.3 Å². The van der Waals surface area contributed by atoms with E-state index in [2.05, 4.69) is 4.98 Å². The van der Waals surface area contributed by atoms with Crippen molar-refractivity contribution >= 4 is 27.8 Å². The number of furan rings is 1. The summed E-state index contributed by atoms with van der Waals surface area (Å²) in [5.41, 5.74) is 6.95. The van der Waals surface area contributed by atoms with E-state index < -0.39 is 5.91 Å². The number of benzene rings is 1. The van der Waals surface area contributed by atoms with E-state index in [4.69, 9.17) is 10.2 Å². The molecule has 0 atom stereocenters. The first-order chi connectivity index (χ1) is 7.75. The molecule has 0 unspecified atom stereocenters. The molecule has 0 radical (unpaired) electrons. The maximum absolute atomic E-state index is 11.1. The van der Waals surface area contributed by atoms with E-state index in [0.717, 1.165) is 21.9 Å². The Hall–Kier alpha value is -2.36. The highest BCUT2D eigenvalue weighted by Crippen LogP contribution is 2.24. The largest absolute Gasteiger partial charge is 0.464 e. The lowest BCUT2D eigenvalue weighted by molar-refractivity contribution is 0.0996. The molecule has 4 nitrogen and oxygen atoms in total. The molecule has 4 heteroatoms. The fourth-order valence-electron chi connectivity index (χ4n) is 1.77. The summed E-state index contributed by atoms with van der Waals surface area (Å²) < 4.78 is 5.27. The molecule has 2 heterocycles. The highest BCUT2D eigenvalue weighted by molar-refractivity contribution is 6.04. The molecule has 2 aromatic heterocycles. The van der Waals surface area contributed by atoms with Gasteiger partial charge in [0.25, 0.3) is 5.91 Å². The number of carbonyl (C=O) groups excluding carboxylic acids is 1. The molecular weight excluding hydrogens is 204 g/mol. The quantitative estimate of drug-likeness (QED) is 0.671. The molecule has 16 heavy (non-hydrogen) atoms. The van der Waals surface area contributed by atoms with Crippen LogP contribution in [-0.2, 0) is 0 Å². The predicted octanol–water partition coefficient (Wildman–Crippen LogP) is 2.08. The number of fused-ring (bicyclic) bond motifs is 3. The van der Waals surface area contributed by atoms with Gasteiger partial charge in [-0.2, -0.15) is 0 Å². The number of hydrogen-bond acceptors (Lipinski definition) is 3. The Labute approximate surface area is 90.7 Å². The number of amides is 1. The van der Waals surface area contributed by atoms with Gasteiger partial charge >= 0.3 is 0 Å². The molecule has 0 saturated heterocycles. The lowest BCUT2D eigenvalue weighted by Crippen LogP contribution is -2.12. The Bertz CT molecular complexity index is 700. The highest BCUT2D eigenvalue weighted by atomic mass is 16.3. The van der Waals surface area contributed by atoms with Crippen LogP contribution in [0.3, 0.4) is 0 Å². The van der Waals surface area contributed by atoms with Gasteiger partial charge in [-0.1, -0.05) is 6.07 Å². The van der Waals surface area contributed by atoms with Crippen LogP contribution in [-0.4, -0.2) is 10.9 Å². The van der Waals surface area contributed by atoms with Gasteiger partial charge in [-0.15, -0.1) is 0 Å². The van der Waals surface area contributed by atoms with Crippen LogP contribution >= 0.6 is 0 Å². The van der Waals surface area contributed by atoms with Crippen molar-refractivity contribution in [2.24, 2.45) is 5.73 Å². The molecule has 1 amide bonds. The molecular formula is C12H8N2O2. The van der Waals surface area contributed by atoms with Crippen molar-refractivity contribution in [3.8, 4) is 0 Å². The maximum atomic E-state index is 11.1. The maximum Gasteiger partial charge on any atom is 0.267 e. The van der Waals surface area contributed by atoms with Crippen LogP contribution in [0.5, 0.6) is 0 Å². The zero-order valence-corrected chi connectivity index (χ0v) is 8.31. The first kappa shape index (κ1) is 8.91. The second-order valence-electron chi connectivity index (χ2n) is 3.53. The second kappa shape index (κ2) is 3.06. The third kappa shape index (κ3) is 1.16. The van der Waals surface area contributed by atoms with E-state index in [1.807, 2.05) is 24.3 Å². The third-order valence-corrected chi connectivity index (χ3v) is 2.54. The Morgan fingerprint density at radius 1 is 1.19 bits per heavy atom. The number of nitrogens with zero attached hydrogens (tertiary/aromatic N) is 1. The number of carbonyl (C=O) groups is 1. The van der Waals surface area contributed by atoms with Crippen LogP contribution in [0.1, 0.15) is 10.5 Å². The number of nitrogens with two attached hydrogens (primary N) is 1. The van der Waals surface area contributed by atoms with E-state index in [-0.39, 0.29) is 5.69 Å². The zero-order chi connectivity index (χ0) is 11.1. The van der Waals surface area contributed by atoms with Crippen molar-refractivity contribution in [2.45, 2.75) is 0 Å². The van der Waals surface area contributed by atoms with Gasteiger partial charge in [-0.3, -0.25) is 4.79 Å². The van der Waals surface area contributed by atoms with Gasteiger partial charge in [0.1, 0.15) is 11.3 Å². The third-order valence-electron chi connectivity index (χ3n) is 2.54. The van der Waals surface area contributed by atoms with Crippen LogP contribution in [0.15, 0.2) is 41.0 Å². The molecule has 3 aromatic rings. The van der Waals surface area contributed by atoms with Crippen LogP contribution in [0.25, 0.3) is 21.9 Å². The minimum Gasteiger partial charge on any atom is -0.464 e. The van der Waals surface area contributed by atoms with Crippen LogP contribution < -0.4 is 5.73 Å². The van der Waals surface area contributed by atoms with E-state index in [0.29, 0.717) is 0 Å². The first-order valence-corrected chi connectivity index (χ1v) is 4.82. The average molecular weight is 212 g/mol. The fraction of sp³-hybridized carbons (Fsp3) is 0. The molecule has 0 aliphatic carbocycles. The summed E-state index contributed by atoms with van der Waals surface area (Å²) in [4.78, 5) is 15.3. The summed E-state index contributed by atoms with van der Waals surface area (Å²) in [5.74, 6) is -0.526. The van der Waals surface area contributed by atoms with Gasteiger partial charge in [-0.25, -0.2) is 4.98 Å². The Balaban J connectivity index is 2.46. The Kier molecular flexibility index (Phi) is 1.71. The molecule has 3 rings (SSSR count). The number of aromatic nitrogens is 1. The molecule has 0 aliphatic rings. The molecule has 2 N–H and O–H groups in total. The van der Waals surface area contributed by atoms with Gasteiger partial charge in [0.15, 0.2) is 0 Å². The van der Waals surface area contributed by atoms with Gasteiger partial charge in [0, 0.05) is 10.8 Å². The summed E-state index contributed by atoms with van der Waals surface area (Å²) in [6.45, 7) is 0. The predicted molar refractivity (Wildman–Crippen MR) is 60.0 cm³/mol. The molecule has 0 saturated carbocycles. The topological polar surface area (TPSA) is 69.1 Å². The molecule has 0 bridgehead atoms. The minimum atomic E-state index is -0.526. The number of rotatable bonds is 1. The fourth-order valence-corrected chi connectivity index (χ4v) is 1.77. The average Bonchev–Trinajstić information content (AvgIpc) is 2.76.